The second-order valence-electron chi connectivity index (χ2n) is 6.26. The average molecular weight is 267 g/mol. The van der Waals surface area contributed by atoms with Crippen molar-refractivity contribution in [3.05, 3.63) is 24.8 Å². The number of ether oxygens (including phenoxy) is 2. The molecule has 0 aromatic rings. The first-order chi connectivity index (χ1) is 8.67. The van der Waals surface area contributed by atoms with Crippen molar-refractivity contribution in [3.63, 3.8) is 0 Å². The van der Waals surface area contributed by atoms with Gasteiger partial charge in [0, 0.05) is 0 Å². The van der Waals surface area contributed by atoms with Gasteiger partial charge in [0.15, 0.2) is 0 Å². The molecule has 1 fully saturated rings. The lowest BCUT2D eigenvalue weighted by molar-refractivity contribution is -0.131. The molecule has 0 radical (unpaired) electrons. The van der Waals surface area contributed by atoms with Crippen molar-refractivity contribution in [1.29, 1.82) is 0 Å². The van der Waals surface area contributed by atoms with Crippen LogP contribution >= 0.6 is 0 Å². The van der Waals surface area contributed by atoms with Crippen LogP contribution in [-0.2, 0) is 9.47 Å². The van der Waals surface area contributed by atoms with Gasteiger partial charge < -0.3 is 14.4 Å². The van der Waals surface area contributed by atoms with Gasteiger partial charge >= 0.3 is 6.09 Å². The highest BCUT2D eigenvalue weighted by Crippen LogP contribution is 2.31. The first-order valence-electron chi connectivity index (χ1n) is 6.55. The van der Waals surface area contributed by atoms with Crippen LogP contribution in [-0.4, -0.2) is 41.9 Å². The number of hydrogen-bond acceptors (Lipinski definition) is 3. The van der Waals surface area contributed by atoms with Gasteiger partial charge in [-0.15, -0.1) is 6.58 Å². The Morgan fingerprint density at radius 2 is 2.00 bits per heavy atom. The van der Waals surface area contributed by atoms with E-state index in [1.807, 2.05) is 33.8 Å². The summed E-state index contributed by atoms with van der Waals surface area (Å²) in [4.78, 5) is 13.5. The van der Waals surface area contributed by atoms with Crippen molar-refractivity contribution in [3.8, 4) is 0 Å². The Morgan fingerprint density at radius 1 is 1.42 bits per heavy atom. The second-order valence-corrected chi connectivity index (χ2v) is 6.26. The zero-order valence-corrected chi connectivity index (χ0v) is 12.5. The van der Waals surface area contributed by atoms with Gasteiger partial charge in [-0.05, 0) is 34.1 Å². The summed E-state index contributed by atoms with van der Waals surface area (Å²) in [6.45, 7) is 16.7. The van der Waals surface area contributed by atoms with Crippen LogP contribution in [0.1, 0.15) is 34.1 Å². The van der Waals surface area contributed by atoms with E-state index in [0.717, 1.165) is 12.0 Å². The third-order valence-corrected chi connectivity index (χ3v) is 2.75. The molecule has 0 N–H and O–H groups in total. The van der Waals surface area contributed by atoms with Crippen LogP contribution in [0.3, 0.4) is 0 Å². The van der Waals surface area contributed by atoms with Gasteiger partial charge in [-0.1, -0.05) is 18.2 Å². The Kier molecular flexibility index (Phi) is 4.80. The van der Waals surface area contributed by atoms with Gasteiger partial charge in [0.25, 0.3) is 0 Å². The van der Waals surface area contributed by atoms with E-state index in [1.165, 1.54) is 0 Å². The lowest BCUT2D eigenvalue weighted by Crippen LogP contribution is -2.65. The van der Waals surface area contributed by atoms with Gasteiger partial charge in [0.05, 0.1) is 19.7 Å². The van der Waals surface area contributed by atoms with Gasteiger partial charge in [0.2, 0.25) is 0 Å². The highest BCUT2D eigenvalue weighted by Gasteiger charge is 2.46. The van der Waals surface area contributed by atoms with Gasteiger partial charge in [-0.2, -0.15) is 0 Å². The van der Waals surface area contributed by atoms with Gasteiger partial charge in [-0.3, -0.25) is 0 Å². The average Bonchev–Trinajstić information content (AvgIpc) is 2.18. The fourth-order valence-electron chi connectivity index (χ4n) is 1.92. The minimum atomic E-state index is -0.466. The first kappa shape index (κ1) is 15.8. The molecule has 1 amide bonds. The molecule has 0 bridgehead atoms. The fourth-order valence-corrected chi connectivity index (χ4v) is 1.92. The van der Waals surface area contributed by atoms with Crippen LogP contribution in [0, 0.1) is 0 Å². The van der Waals surface area contributed by atoms with E-state index in [2.05, 4.69) is 13.2 Å². The van der Waals surface area contributed by atoms with E-state index in [-0.39, 0.29) is 11.7 Å². The van der Waals surface area contributed by atoms with Crippen molar-refractivity contribution in [2.45, 2.75) is 45.3 Å². The molecule has 1 aliphatic heterocycles. The highest BCUT2D eigenvalue weighted by molar-refractivity contribution is 5.69. The quantitative estimate of drug-likeness (QED) is 0.718. The Bertz CT molecular complexity index is 362. The molecule has 0 spiro atoms. The molecular weight excluding hydrogens is 242 g/mol. The lowest BCUT2D eigenvalue weighted by atomic mass is 9.90. The summed E-state index contributed by atoms with van der Waals surface area (Å²) in [5, 5.41) is 0. The molecule has 0 atom stereocenters. The monoisotopic (exact) mass is 267 g/mol. The molecule has 0 aromatic carbocycles. The Hall–Kier alpha value is -1.29. The third-order valence-electron chi connectivity index (χ3n) is 2.75. The molecule has 4 heteroatoms. The van der Waals surface area contributed by atoms with Crippen LogP contribution in [0.2, 0.25) is 0 Å². The molecular formula is C15H25NO3. The molecule has 0 saturated carbocycles. The van der Waals surface area contributed by atoms with Crippen LogP contribution in [0.25, 0.3) is 0 Å². The number of hydrogen-bond donors (Lipinski definition) is 0. The number of rotatable bonds is 5. The van der Waals surface area contributed by atoms with E-state index < -0.39 is 5.60 Å². The molecule has 1 saturated heterocycles. The maximum atomic E-state index is 11.9. The van der Waals surface area contributed by atoms with Crippen molar-refractivity contribution in [2.24, 2.45) is 0 Å². The largest absolute Gasteiger partial charge is 0.444 e. The summed E-state index contributed by atoms with van der Waals surface area (Å²) in [5.41, 5.74) is 0.184. The normalized spacial score (nSPS) is 17.6. The van der Waals surface area contributed by atoms with E-state index in [1.54, 1.807) is 4.90 Å². The smallest absolute Gasteiger partial charge is 0.410 e. The minimum absolute atomic E-state index is 0.286. The van der Waals surface area contributed by atoms with Gasteiger partial charge in [-0.25, -0.2) is 4.79 Å². The van der Waals surface area contributed by atoms with E-state index in [4.69, 9.17) is 9.47 Å². The molecule has 1 heterocycles. The lowest BCUT2D eigenvalue weighted by Gasteiger charge is -2.49. The second kappa shape index (κ2) is 5.78. The highest BCUT2D eigenvalue weighted by atomic mass is 16.6. The van der Waals surface area contributed by atoms with Crippen LogP contribution in [0.15, 0.2) is 24.8 Å². The maximum absolute atomic E-state index is 11.9. The Labute approximate surface area is 116 Å². The predicted octanol–water partition coefficient (Wildman–Crippen LogP) is 3.14. The summed E-state index contributed by atoms with van der Waals surface area (Å²) in [5.74, 6) is 0. The van der Waals surface area contributed by atoms with Gasteiger partial charge in [0.1, 0.15) is 11.2 Å². The first-order valence-corrected chi connectivity index (χ1v) is 6.55. The number of amides is 1. The minimum Gasteiger partial charge on any atom is -0.444 e. The molecule has 4 nitrogen and oxygen atoms in total. The molecule has 0 unspecified atom stereocenters. The number of likely N-dealkylation sites (tertiary alicyclic amines) is 1. The predicted molar refractivity (Wildman–Crippen MR) is 76.1 cm³/mol. The van der Waals surface area contributed by atoms with Crippen LogP contribution in [0.5, 0.6) is 0 Å². The van der Waals surface area contributed by atoms with Crippen molar-refractivity contribution < 1.29 is 14.3 Å². The summed E-state index contributed by atoms with van der Waals surface area (Å²) in [6.07, 6.45) is 2.26. The standard InChI is InChI=1S/C15H25NO3/c1-7-8-15(18-9-12(2)3)10-16(11-15)13(17)19-14(4,5)6/h7H,1-2,8-11H2,3-6H3. The number of nitrogens with zero attached hydrogens (tertiary/aromatic N) is 1. The molecule has 108 valence electrons. The summed E-state index contributed by atoms with van der Waals surface area (Å²) >= 11 is 0. The molecule has 0 aliphatic carbocycles. The summed E-state index contributed by atoms with van der Waals surface area (Å²) in [6, 6.07) is 0. The molecule has 0 aromatic heterocycles. The summed E-state index contributed by atoms with van der Waals surface area (Å²) in [7, 11) is 0. The van der Waals surface area contributed by atoms with Crippen molar-refractivity contribution in [1.82, 2.24) is 4.90 Å². The van der Waals surface area contributed by atoms with Crippen LogP contribution < -0.4 is 0 Å². The maximum Gasteiger partial charge on any atom is 0.410 e. The van der Waals surface area contributed by atoms with Crippen molar-refractivity contribution in [2.75, 3.05) is 19.7 Å². The summed E-state index contributed by atoms with van der Waals surface area (Å²) < 4.78 is 11.2. The SMILES string of the molecule is C=CCC1(OCC(=C)C)CN(C(=O)OC(C)(C)C)C1. The topological polar surface area (TPSA) is 38.8 Å². The zero-order chi connectivity index (χ0) is 14.7. The molecule has 19 heavy (non-hydrogen) atoms. The Balaban J connectivity index is 2.52. The molecule has 1 rings (SSSR count). The van der Waals surface area contributed by atoms with E-state index >= 15 is 0 Å². The molecule has 1 aliphatic rings. The van der Waals surface area contributed by atoms with Crippen LogP contribution in [0.4, 0.5) is 4.79 Å². The van der Waals surface area contributed by atoms with E-state index in [9.17, 15) is 4.79 Å². The number of carbonyl (C=O) groups excluding carboxylic acids is 1. The third kappa shape index (κ3) is 4.71. The van der Waals surface area contributed by atoms with E-state index in [0.29, 0.717) is 19.7 Å². The fraction of sp³-hybridized carbons (Fsp3) is 0.667. The van der Waals surface area contributed by atoms with Crippen molar-refractivity contribution >= 4 is 6.09 Å². The Morgan fingerprint density at radius 3 is 2.42 bits per heavy atom. The zero-order valence-electron chi connectivity index (χ0n) is 12.5. The number of carbonyl (C=O) groups is 1.